The SMILES string of the molecule is CCNC(=O)CNC(=O)COc1ccc(C(C)C)cc1. The Morgan fingerprint density at radius 2 is 1.75 bits per heavy atom. The zero-order valence-corrected chi connectivity index (χ0v) is 12.2. The van der Waals surface area contributed by atoms with Crippen molar-refractivity contribution >= 4 is 11.8 Å². The monoisotopic (exact) mass is 278 g/mol. The molecule has 0 heterocycles. The van der Waals surface area contributed by atoms with Crippen molar-refractivity contribution in [3.63, 3.8) is 0 Å². The van der Waals surface area contributed by atoms with Crippen molar-refractivity contribution in [1.82, 2.24) is 10.6 Å². The quantitative estimate of drug-likeness (QED) is 0.793. The Labute approximate surface area is 119 Å². The molecule has 0 aliphatic rings. The molecule has 110 valence electrons. The molecule has 2 N–H and O–H groups in total. The van der Waals surface area contributed by atoms with E-state index in [0.717, 1.165) is 0 Å². The van der Waals surface area contributed by atoms with Crippen LogP contribution in [0.5, 0.6) is 5.75 Å². The lowest BCUT2D eigenvalue weighted by molar-refractivity contribution is -0.127. The second-order valence-electron chi connectivity index (χ2n) is 4.74. The van der Waals surface area contributed by atoms with Gasteiger partial charge < -0.3 is 15.4 Å². The average Bonchev–Trinajstić information content (AvgIpc) is 2.43. The molecule has 2 amide bonds. The molecule has 1 aromatic carbocycles. The summed E-state index contributed by atoms with van der Waals surface area (Å²) in [6.07, 6.45) is 0. The highest BCUT2D eigenvalue weighted by Gasteiger charge is 2.06. The second-order valence-corrected chi connectivity index (χ2v) is 4.74. The summed E-state index contributed by atoms with van der Waals surface area (Å²) in [4.78, 5) is 22.6. The summed E-state index contributed by atoms with van der Waals surface area (Å²) in [5.74, 6) is 0.582. The Balaban J connectivity index is 2.32. The molecule has 1 aromatic rings. The Morgan fingerprint density at radius 3 is 2.30 bits per heavy atom. The summed E-state index contributed by atoms with van der Waals surface area (Å²) in [7, 11) is 0. The maximum absolute atomic E-state index is 11.5. The van der Waals surface area contributed by atoms with Crippen molar-refractivity contribution < 1.29 is 14.3 Å². The first-order valence-corrected chi connectivity index (χ1v) is 6.79. The molecule has 20 heavy (non-hydrogen) atoms. The Morgan fingerprint density at radius 1 is 1.10 bits per heavy atom. The average molecular weight is 278 g/mol. The second kappa shape index (κ2) is 8.19. The highest BCUT2D eigenvalue weighted by Crippen LogP contribution is 2.18. The first-order chi connectivity index (χ1) is 9.52. The van der Waals surface area contributed by atoms with E-state index < -0.39 is 0 Å². The van der Waals surface area contributed by atoms with Gasteiger partial charge in [0.05, 0.1) is 6.54 Å². The number of carbonyl (C=O) groups excluding carboxylic acids is 2. The van der Waals surface area contributed by atoms with E-state index >= 15 is 0 Å². The third-order valence-electron chi connectivity index (χ3n) is 2.74. The van der Waals surface area contributed by atoms with Gasteiger partial charge in [-0.05, 0) is 30.5 Å². The molecule has 5 heteroatoms. The fraction of sp³-hybridized carbons (Fsp3) is 0.467. The van der Waals surface area contributed by atoms with Crippen LogP contribution in [0.2, 0.25) is 0 Å². The lowest BCUT2D eigenvalue weighted by atomic mass is 10.0. The molecule has 1 rings (SSSR count). The van der Waals surface area contributed by atoms with Gasteiger partial charge in [0.1, 0.15) is 5.75 Å². The summed E-state index contributed by atoms with van der Waals surface area (Å²) >= 11 is 0. The molecule has 0 spiro atoms. The molecule has 0 saturated carbocycles. The molecular formula is C15H22N2O3. The molecule has 0 unspecified atom stereocenters. The molecule has 0 fully saturated rings. The van der Waals surface area contributed by atoms with Gasteiger partial charge in [-0.1, -0.05) is 26.0 Å². The minimum absolute atomic E-state index is 0.0255. The predicted octanol–water partition coefficient (Wildman–Crippen LogP) is 1.44. The van der Waals surface area contributed by atoms with Crippen molar-refractivity contribution in [2.75, 3.05) is 19.7 Å². The molecule has 5 nitrogen and oxygen atoms in total. The summed E-state index contributed by atoms with van der Waals surface area (Å²) in [5.41, 5.74) is 1.22. The summed E-state index contributed by atoms with van der Waals surface area (Å²) < 4.78 is 5.35. The van der Waals surface area contributed by atoms with E-state index in [-0.39, 0.29) is 25.0 Å². The van der Waals surface area contributed by atoms with Crippen LogP contribution in [0.3, 0.4) is 0 Å². The molecule has 0 aliphatic heterocycles. The van der Waals surface area contributed by atoms with Gasteiger partial charge in [-0.25, -0.2) is 0 Å². The zero-order chi connectivity index (χ0) is 15.0. The Kier molecular flexibility index (Phi) is 6.56. The number of hydrogen-bond donors (Lipinski definition) is 2. The first-order valence-electron chi connectivity index (χ1n) is 6.79. The van der Waals surface area contributed by atoms with Gasteiger partial charge >= 0.3 is 0 Å². The number of amides is 2. The topological polar surface area (TPSA) is 67.4 Å². The van der Waals surface area contributed by atoms with Crippen LogP contribution < -0.4 is 15.4 Å². The molecule has 0 atom stereocenters. The number of ether oxygens (including phenoxy) is 1. The van der Waals surface area contributed by atoms with E-state index in [2.05, 4.69) is 24.5 Å². The van der Waals surface area contributed by atoms with E-state index in [1.807, 2.05) is 31.2 Å². The van der Waals surface area contributed by atoms with E-state index in [9.17, 15) is 9.59 Å². The van der Waals surface area contributed by atoms with Crippen LogP contribution >= 0.6 is 0 Å². The lowest BCUT2D eigenvalue weighted by Crippen LogP contribution is -2.38. The number of rotatable bonds is 7. The molecule has 0 radical (unpaired) electrons. The van der Waals surface area contributed by atoms with E-state index in [1.54, 1.807) is 0 Å². The van der Waals surface area contributed by atoms with E-state index in [1.165, 1.54) is 5.56 Å². The van der Waals surface area contributed by atoms with E-state index in [0.29, 0.717) is 18.2 Å². The molecule has 0 saturated heterocycles. The van der Waals surface area contributed by atoms with Gasteiger partial charge in [0.2, 0.25) is 5.91 Å². The highest BCUT2D eigenvalue weighted by atomic mass is 16.5. The van der Waals surface area contributed by atoms with Gasteiger partial charge in [0, 0.05) is 6.54 Å². The Bertz CT molecular complexity index is 441. The van der Waals surface area contributed by atoms with Gasteiger partial charge in [-0.3, -0.25) is 9.59 Å². The van der Waals surface area contributed by atoms with Crippen LogP contribution in [0, 0.1) is 0 Å². The maximum Gasteiger partial charge on any atom is 0.258 e. The number of carbonyl (C=O) groups is 2. The van der Waals surface area contributed by atoms with Crippen molar-refractivity contribution in [3.8, 4) is 5.75 Å². The minimum atomic E-state index is -0.316. The summed E-state index contributed by atoms with van der Waals surface area (Å²) in [6.45, 7) is 6.48. The van der Waals surface area contributed by atoms with Crippen molar-refractivity contribution in [2.24, 2.45) is 0 Å². The third-order valence-corrected chi connectivity index (χ3v) is 2.74. The highest BCUT2D eigenvalue weighted by molar-refractivity contribution is 5.85. The summed E-state index contributed by atoms with van der Waals surface area (Å²) in [6, 6.07) is 7.64. The van der Waals surface area contributed by atoms with Crippen LogP contribution in [-0.2, 0) is 9.59 Å². The number of likely N-dealkylation sites (N-methyl/N-ethyl adjacent to an activating group) is 1. The molecule has 0 aromatic heterocycles. The van der Waals surface area contributed by atoms with E-state index in [4.69, 9.17) is 4.74 Å². The number of benzene rings is 1. The predicted molar refractivity (Wildman–Crippen MR) is 77.7 cm³/mol. The van der Waals surface area contributed by atoms with Crippen molar-refractivity contribution in [3.05, 3.63) is 29.8 Å². The maximum atomic E-state index is 11.5. The normalized spacial score (nSPS) is 10.2. The molecule has 0 bridgehead atoms. The van der Waals surface area contributed by atoms with Gasteiger partial charge in [0.15, 0.2) is 6.61 Å². The number of hydrogen-bond acceptors (Lipinski definition) is 3. The zero-order valence-electron chi connectivity index (χ0n) is 12.2. The summed E-state index contributed by atoms with van der Waals surface area (Å²) in [5, 5.41) is 5.09. The molecule has 0 aliphatic carbocycles. The molecular weight excluding hydrogens is 256 g/mol. The van der Waals surface area contributed by atoms with Crippen LogP contribution in [0.4, 0.5) is 0 Å². The minimum Gasteiger partial charge on any atom is -0.484 e. The van der Waals surface area contributed by atoms with Crippen LogP contribution in [0.25, 0.3) is 0 Å². The van der Waals surface area contributed by atoms with Crippen LogP contribution in [0.15, 0.2) is 24.3 Å². The first kappa shape index (κ1) is 16.0. The van der Waals surface area contributed by atoms with Crippen molar-refractivity contribution in [2.45, 2.75) is 26.7 Å². The van der Waals surface area contributed by atoms with Gasteiger partial charge in [-0.2, -0.15) is 0 Å². The lowest BCUT2D eigenvalue weighted by Gasteiger charge is -2.09. The smallest absolute Gasteiger partial charge is 0.258 e. The third kappa shape index (κ3) is 5.73. The fourth-order valence-electron chi connectivity index (χ4n) is 1.59. The number of nitrogens with one attached hydrogen (secondary N) is 2. The standard InChI is InChI=1S/C15H22N2O3/c1-4-16-14(18)9-17-15(19)10-20-13-7-5-12(6-8-13)11(2)3/h5-8,11H,4,9-10H2,1-3H3,(H,16,18)(H,17,19). The fourth-order valence-corrected chi connectivity index (χ4v) is 1.59. The van der Waals surface area contributed by atoms with Crippen LogP contribution in [-0.4, -0.2) is 31.5 Å². The van der Waals surface area contributed by atoms with Crippen molar-refractivity contribution in [1.29, 1.82) is 0 Å². The van der Waals surface area contributed by atoms with Gasteiger partial charge in [0.25, 0.3) is 5.91 Å². The largest absolute Gasteiger partial charge is 0.484 e. The van der Waals surface area contributed by atoms with Crippen LogP contribution in [0.1, 0.15) is 32.3 Å². The Hall–Kier alpha value is -2.04. The van der Waals surface area contributed by atoms with Gasteiger partial charge in [-0.15, -0.1) is 0 Å².